The molecule has 0 saturated carbocycles. The molecule has 2 aromatic heterocycles. The highest BCUT2D eigenvalue weighted by atomic mass is 19.4. The Morgan fingerprint density at radius 2 is 2.00 bits per heavy atom. The van der Waals surface area contributed by atoms with Crippen LogP contribution in [0.4, 0.5) is 13.2 Å². The predicted octanol–water partition coefficient (Wildman–Crippen LogP) is 1.44. The minimum Gasteiger partial charge on any atom is -0.334 e. The molecule has 0 aliphatic rings. The average molecular weight is 301 g/mol. The van der Waals surface area contributed by atoms with Crippen LogP contribution in [0, 0.1) is 0 Å². The summed E-state index contributed by atoms with van der Waals surface area (Å²) in [5, 5.41) is 7.60. The van der Waals surface area contributed by atoms with Crippen LogP contribution in [0.15, 0.2) is 18.3 Å². The fraction of sp³-hybridized carbons (Fsp3) is 0.417. The van der Waals surface area contributed by atoms with Gasteiger partial charge in [0.05, 0.1) is 12.2 Å². The minimum atomic E-state index is -4.54. The van der Waals surface area contributed by atoms with Gasteiger partial charge in [0, 0.05) is 33.4 Å². The second-order valence-corrected chi connectivity index (χ2v) is 4.64. The van der Waals surface area contributed by atoms with Crippen LogP contribution in [0.2, 0.25) is 0 Å². The number of hydrogen-bond acceptors (Lipinski definition) is 3. The second-order valence-electron chi connectivity index (χ2n) is 4.64. The average Bonchev–Trinajstić information content (AvgIpc) is 2.95. The normalized spacial score (nSPS) is 11.7. The van der Waals surface area contributed by atoms with Crippen molar-refractivity contribution in [3.05, 3.63) is 35.4 Å². The van der Waals surface area contributed by atoms with E-state index in [2.05, 4.69) is 10.2 Å². The Bertz CT molecular complexity index is 658. The number of carbonyl (C=O) groups is 1. The molecular weight excluding hydrogens is 287 g/mol. The SMILES string of the molecule is CN(Cc1ccnn1C)C(=O)c1cc(C(F)(F)F)n(C)n1. The van der Waals surface area contributed by atoms with E-state index in [0.29, 0.717) is 4.68 Å². The molecule has 0 N–H and O–H groups in total. The molecule has 0 fully saturated rings. The highest BCUT2D eigenvalue weighted by Gasteiger charge is 2.36. The summed E-state index contributed by atoms with van der Waals surface area (Å²) in [6, 6.07) is 2.48. The zero-order chi connectivity index (χ0) is 15.8. The molecule has 0 aliphatic heterocycles. The number of amides is 1. The number of aromatic nitrogens is 4. The number of nitrogens with zero attached hydrogens (tertiary/aromatic N) is 5. The molecule has 0 spiro atoms. The smallest absolute Gasteiger partial charge is 0.334 e. The molecule has 0 aliphatic carbocycles. The molecule has 114 valence electrons. The summed E-state index contributed by atoms with van der Waals surface area (Å²) in [4.78, 5) is 13.4. The van der Waals surface area contributed by atoms with Gasteiger partial charge in [0.15, 0.2) is 5.69 Å². The molecule has 1 amide bonds. The highest BCUT2D eigenvalue weighted by molar-refractivity contribution is 5.92. The molecule has 2 aromatic rings. The minimum absolute atomic E-state index is 0.229. The van der Waals surface area contributed by atoms with Gasteiger partial charge < -0.3 is 4.90 Å². The van der Waals surface area contributed by atoms with Crippen LogP contribution in [0.3, 0.4) is 0 Å². The van der Waals surface area contributed by atoms with Crippen LogP contribution < -0.4 is 0 Å². The van der Waals surface area contributed by atoms with Crippen molar-refractivity contribution in [1.82, 2.24) is 24.5 Å². The van der Waals surface area contributed by atoms with E-state index in [9.17, 15) is 18.0 Å². The van der Waals surface area contributed by atoms with Crippen molar-refractivity contribution in [2.45, 2.75) is 12.7 Å². The zero-order valence-corrected chi connectivity index (χ0v) is 11.7. The van der Waals surface area contributed by atoms with Crippen LogP contribution in [0.1, 0.15) is 21.9 Å². The Hall–Kier alpha value is -2.32. The summed E-state index contributed by atoms with van der Waals surface area (Å²) in [6.45, 7) is 0.229. The Balaban J connectivity index is 2.18. The van der Waals surface area contributed by atoms with Crippen molar-refractivity contribution in [2.75, 3.05) is 7.05 Å². The lowest BCUT2D eigenvalue weighted by Gasteiger charge is -2.15. The fourth-order valence-electron chi connectivity index (χ4n) is 1.90. The first-order chi connectivity index (χ1) is 9.70. The molecule has 0 aromatic carbocycles. The highest BCUT2D eigenvalue weighted by Crippen LogP contribution is 2.29. The summed E-state index contributed by atoms with van der Waals surface area (Å²) in [5.41, 5.74) is -0.438. The monoisotopic (exact) mass is 301 g/mol. The first-order valence-electron chi connectivity index (χ1n) is 6.03. The lowest BCUT2D eigenvalue weighted by molar-refractivity contribution is -0.143. The second kappa shape index (κ2) is 5.23. The number of hydrogen-bond donors (Lipinski definition) is 0. The summed E-state index contributed by atoms with van der Waals surface area (Å²) in [6.07, 6.45) is -2.96. The topological polar surface area (TPSA) is 56.0 Å². The van der Waals surface area contributed by atoms with Crippen molar-refractivity contribution in [1.29, 1.82) is 0 Å². The van der Waals surface area contributed by atoms with Crippen LogP contribution in [0.5, 0.6) is 0 Å². The maximum atomic E-state index is 12.7. The van der Waals surface area contributed by atoms with Gasteiger partial charge in [0.1, 0.15) is 5.69 Å². The van der Waals surface area contributed by atoms with E-state index in [1.54, 1.807) is 24.0 Å². The van der Waals surface area contributed by atoms with Crippen molar-refractivity contribution >= 4 is 5.91 Å². The first kappa shape index (κ1) is 15.1. The third-order valence-electron chi connectivity index (χ3n) is 3.06. The Morgan fingerprint density at radius 3 is 2.48 bits per heavy atom. The zero-order valence-electron chi connectivity index (χ0n) is 11.7. The van der Waals surface area contributed by atoms with E-state index in [4.69, 9.17) is 0 Å². The number of aryl methyl sites for hydroxylation is 2. The van der Waals surface area contributed by atoms with E-state index in [1.807, 2.05) is 0 Å². The molecule has 2 heterocycles. The fourth-order valence-corrected chi connectivity index (χ4v) is 1.90. The Morgan fingerprint density at radius 1 is 1.33 bits per heavy atom. The van der Waals surface area contributed by atoms with Gasteiger partial charge in [0.2, 0.25) is 0 Å². The molecule has 0 radical (unpaired) electrons. The van der Waals surface area contributed by atoms with Gasteiger partial charge in [-0.3, -0.25) is 14.2 Å². The Labute approximate surface area is 118 Å². The third kappa shape index (κ3) is 3.06. The summed E-state index contributed by atoms with van der Waals surface area (Å²) >= 11 is 0. The third-order valence-corrected chi connectivity index (χ3v) is 3.06. The first-order valence-corrected chi connectivity index (χ1v) is 6.03. The van der Waals surface area contributed by atoms with Gasteiger partial charge in [-0.2, -0.15) is 23.4 Å². The van der Waals surface area contributed by atoms with Gasteiger partial charge in [-0.05, 0) is 6.07 Å². The van der Waals surface area contributed by atoms with Gasteiger partial charge in [-0.15, -0.1) is 0 Å². The largest absolute Gasteiger partial charge is 0.433 e. The number of rotatable bonds is 3. The summed E-state index contributed by atoms with van der Waals surface area (Å²) in [7, 11) is 4.37. The number of halogens is 3. The van der Waals surface area contributed by atoms with Crippen LogP contribution in [0.25, 0.3) is 0 Å². The maximum Gasteiger partial charge on any atom is 0.433 e. The number of carbonyl (C=O) groups excluding carboxylic acids is 1. The van der Waals surface area contributed by atoms with E-state index in [0.717, 1.165) is 18.8 Å². The molecular formula is C12H14F3N5O. The van der Waals surface area contributed by atoms with Gasteiger partial charge >= 0.3 is 6.18 Å². The molecule has 2 rings (SSSR count). The van der Waals surface area contributed by atoms with Crippen molar-refractivity contribution in [3.63, 3.8) is 0 Å². The van der Waals surface area contributed by atoms with Gasteiger partial charge in [-0.1, -0.05) is 0 Å². The van der Waals surface area contributed by atoms with E-state index in [1.165, 1.54) is 11.9 Å². The lowest BCUT2D eigenvalue weighted by atomic mass is 10.3. The standard InChI is InChI=1S/C12H14F3N5O/c1-18(7-8-4-5-16-19(8)2)11(21)9-6-10(12(13,14)15)20(3)17-9/h4-6H,7H2,1-3H3. The molecule has 0 unspecified atom stereocenters. The van der Waals surface area contributed by atoms with Crippen molar-refractivity contribution in [2.24, 2.45) is 14.1 Å². The van der Waals surface area contributed by atoms with E-state index < -0.39 is 17.8 Å². The van der Waals surface area contributed by atoms with Crippen LogP contribution in [-0.4, -0.2) is 37.4 Å². The maximum absolute atomic E-state index is 12.7. The molecule has 21 heavy (non-hydrogen) atoms. The molecule has 6 nitrogen and oxygen atoms in total. The summed E-state index contributed by atoms with van der Waals surface area (Å²) in [5.74, 6) is -0.581. The van der Waals surface area contributed by atoms with Crippen LogP contribution >= 0.6 is 0 Å². The summed E-state index contributed by atoms with van der Waals surface area (Å²) < 4.78 is 40.3. The van der Waals surface area contributed by atoms with Gasteiger partial charge in [-0.25, -0.2) is 0 Å². The molecule has 9 heteroatoms. The quantitative estimate of drug-likeness (QED) is 0.862. The molecule has 0 saturated heterocycles. The Kier molecular flexibility index (Phi) is 3.75. The molecule has 0 bridgehead atoms. The van der Waals surface area contributed by atoms with Gasteiger partial charge in [0.25, 0.3) is 5.91 Å². The lowest BCUT2D eigenvalue weighted by Crippen LogP contribution is -2.27. The van der Waals surface area contributed by atoms with Crippen LogP contribution in [-0.2, 0) is 26.8 Å². The van der Waals surface area contributed by atoms with Crippen molar-refractivity contribution < 1.29 is 18.0 Å². The van der Waals surface area contributed by atoms with E-state index >= 15 is 0 Å². The van der Waals surface area contributed by atoms with E-state index in [-0.39, 0.29) is 12.2 Å². The predicted molar refractivity (Wildman–Crippen MR) is 67.2 cm³/mol. The molecule has 0 atom stereocenters. The number of alkyl halides is 3. The van der Waals surface area contributed by atoms with Crippen molar-refractivity contribution in [3.8, 4) is 0 Å².